The van der Waals surface area contributed by atoms with Crippen molar-refractivity contribution in [2.24, 2.45) is 0 Å². The van der Waals surface area contributed by atoms with Gasteiger partial charge in [0, 0.05) is 10.9 Å². The second-order valence-electron chi connectivity index (χ2n) is 5.03. The topological polar surface area (TPSA) is 59.2 Å². The molecule has 3 rings (SSSR count). The zero-order valence-electron chi connectivity index (χ0n) is 11.7. The molecule has 0 aliphatic heterocycles. The first kappa shape index (κ1) is 14.0. The van der Waals surface area contributed by atoms with E-state index in [-0.39, 0.29) is 0 Å². The van der Waals surface area contributed by atoms with E-state index >= 15 is 0 Å². The molecule has 0 radical (unpaired) electrons. The molecule has 2 heterocycles. The number of aryl methyl sites for hydroxylation is 1. The van der Waals surface area contributed by atoms with Crippen LogP contribution in [0.2, 0.25) is 0 Å². The minimum Gasteiger partial charge on any atom is -0.392 e. The van der Waals surface area contributed by atoms with Crippen LogP contribution in [0.3, 0.4) is 0 Å². The summed E-state index contributed by atoms with van der Waals surface area (Å²) in [5.41, 5.74) is 3.23. The monoisotopic (exact) mass is 300 g/mol. The van der Waals surface area contributed by atoms with Crippen molar-refractivity contribution in [3.63, 3.8) is 0 Å². The van der Waals surface area contributed by atoms with Crippen LogP contribution < -0.4 is 0 Å². The molecule has 5 heteroatoms. The minimum absolute atomic E-state index is 0.366. The van der Waals surface area contributed by atoms with Crippen molar-refractivity contribution in [3.05, 3.63) is 58.1 Å². The maximum Gasteiger partial charge on any atom is 0.229 e. The second-order valence-corrected chi connectivity index (χ2v) is 5.77. The van der Waals surface area contributed by atoms with Gasteiger partial charge in [-0.2, -0.15) is 16.3 Å². The largest absolute Gasteiger partial charge is 0.392 e. The van der Waals surface area contributed by atoms with Crippen LogP contribution in [0.25, 0.3) is 11.4 Å². The lowest BCUT2D eigenvalue weighted by molar-refractivity contribution is 0.162. The summed E-state index contributed by atoms with van der Waals surface area (Å²) in [6.45, 7) is 2.02. The molecule has 3 aromatic rings. The number of benzene rings is 1. The normalized spacial score (nSPS) is 12.5. The number of thiophene rings is 1. The van der Waals surface area contributed by atoms with Crippen molar-refractivity contribution in [1.29, 1.82) is 0 Å². The Morgan fingerprint density at radius 1 is 1.19 bits per heavy atom. The molecule has 0 aliphatic carbocycles. The van der Waals surface area contributed by atoms with Crippen molar-refractivity contribution < 1.29 is 9.63 Å². The van der Waals surface area contributed by atoms with E-state index in [4.69, 9.17) is 4.52 Å². The Morgan fingerprint density at radius 2 is 2.00 bits per heavy atom. The van der Waals surface area contributed by atoms with E-state index in [1.165, 1.54) is 0 Å². The van der Waals surface area contributed by atoms with Crippen LogP contribution in [-0.2, 0) is 12.8 Å². The first-order valence-electron chi connectivity index (χ1n) is 6.80. The number of hydrogen-bond acceptors (Lipinski definition) is 5. The highest BCUT2D eigenvalue weighted by atomic mass is 32.1. The van der Waals surface area contributed by atoms with Gasteiger partial charge in [0.25, 0.3) is 0 Å². The maximum absolute atomic E-state index is 10.1. The van der Waals surface area contributed by atoms with Gasteiger partial charge in [-0.1, -0.05) is 35.5 Å². The van der Waals surface area contributed by atoms with Gasteiger partial charge < -0.3 is 9.63 Å². The average Bonchev–Trinajstić information content (AvgIpc) is 3.08. The predicted molar refractivity (Wildman–Crippen MR) is 82.2 cm³/mol. The van der Waals surface area contributed by atoms with E-state index in [1.54, 1.807) is 11.3 Å². The molecule has 4 nitrogen and oxygen atoms in total. The third kappa shape index (κ3) is 3.37. The number of nitrogens with zero attached hydrogens (tertiary/aromatic N) is 2. The first-order valence-corrected chi connectivity index (χ1v) is 7.74. The molecule has 0 spiro atoms. The third-order valence-corrected chi connectivity index (χ3v) is 4.15. The van der Waals surface area contributed by atoms with Crippen molar-refractivity contribution >= 4 is 11.3 Å². The molecule has 0 saturated carbocycles. The number of aliphatic hydroxyl groups is 1. The average molecular weight is 300 g/mol. The van der Waals surface area contributed by atoms with Gasteiger partial charge in [-0.3, -0.25) is 0 Å². The van der Waals surface area contributed by atoms with Crippen LogP contribution >= 0.6 is 11.3 Å². The number of aromatic nitrogens is 2. The SMILES string of the molecule is Cc1cscc1-c1noc(CC(O)Cc2ccccc2)n1. The van der Waals surface area contributed by atoms with Crippen LogP contribution in [-0.4, -0.2) is 21.4 Å². The highest BCUT2D eigenvalue weighted by Gasteiger charge is 2.15. The lowest BCUT2D eigenvalue weighted by atomic mass is 10.1. The van der Waals surface area contributed by atoms with Crippen molar-refractivity contribution in [3.8, 4) is 11.4 Å². The zero-order chi connectivity index (χ0) is 14.7. The quantitative estimate of drug-likeness (QED) is 0.785. The van der Waals surface area contributed by atoms with E-state index < -0.39 is 6.10 Å². The highest BCUT2D eigenvalue weighted by Crippen LogP contribution is 2.24. The lowest BCUT2D eigenvalue weighted by Gasteiger charge is -2.07. The van der Waals surface area contributed by atoms with Gasteiger partial charge in [-0.25, -0.2) is 0 Å². The van der Waals surface area contributed by atoms with Crippen LogP contribution in [0.5, 0.6) is 0 Å². The summed E-state index contributed by atoms with van der Waals surface area (Å²) in [5.74, 6) is 1.06. The van der Waals surface area contributed by atoms with Crippen LogP contribution in [0, 0.1) is 6.92 Å². The number of aliphatic hydroxyl groups excluding tert-OH is 1. The molecule has 0 aliphatic rings. The predicted octanol–water partition coefficient (Wildman–Crippen LogP) is 3.25. The lowest BCUT2D eigenvalue weighted by Crippen LogP contribution is -2.14. The van der Waals surface area contributed by atoms with Gasteiger partial charge in [-0.15, -0.1) is 0 Å². The summed E-state index contributed by atoms with van der Waals surface area (Å²) in [4.78, 5) is 4.36. The molecule has 0 fully saturated rings. The number of hydrogen-bond donors (Lipinski definition) is 1. The molecule has 2 aromatic heterocycles. The highest BCUT2D eigenvalue weighted by molar-refractivity contribution is 7.08. The van der Waals surface area contributed by atoms with E-state index in [2.05, 4.69) is 15.5 Å². The van der Waals surface area contributed by atoms with E-state index in [1.807, 2.05) is 42.6 Å². The molecule has 0 bridgehead atoms. The van der Waals surface area contributed by atoms with Gasteiger partial charge in [0.15, 0.2) is 0 Å². The minimum atomic E-state index is -0.524. The molecule has 1 N–H and O–H groups in total. The Balaban J connectivity index is 1.66. The van der Waals surface area contributed by atoms with Crippen molar-refractivity contribution in [2.75, 3.05) is 0 Å². The fraction of sp³-hybridized carbons (Fsp3) is 0.250. The summed E-state index contributed by atoms with van der Waals surface area (Å²) in [7, 11) is 0. The Kier molecular flexibility index (Phi) is 4.13. The Labute approximate surface area is 127 Å². The van der Waals surface area contributed by atoms with E-state index in [0.717, 1.165) is 16.7 Å². The van der Waals surface area contributed by atoms with E-state index in [0.29, 0.717) is 24.6 Å². The van der Waals surface area contributed by atoms with Crippen LogP contribution in [0.1, 0.15) is 17.0 Å². The fourth-order valence-corrected chi connectivity index (χ4v) is 3.02. The van der Waals surface area contributed by atoms with Crippen LogP contribution in [0.4, 0.5) is 0 Å². The summed E-state index contributed by atoms with van der Waals surface area (Å²) in [6.07, 6.45) is 0.422. The van der Waals surface area contributed by atoms with Gasteiger partial charge in [0.2, 0.25) is 11.7 Å². The molecule has 0 amide bonds. The molecule has 108 valence electrons. The molecular weight excluding hydrogens is 284 g/mol. The van der Waals surface area contributed by atoms with Crippen molar-refractivity contribution in [1.82, 2.24) is 10.1 Å². The number of rotatable bonds is 5. The summed E-state index contributed by atoms with van der Waals surface area (Å²) in [5, 5.41) is 18.2. The first-order chi connectivity index (χ1) is 10.2. The molecule has 1 aromatic carbocycles. The standard InChI is InChI=1S/C16H16N2O2S/c1-11-9-21-10-14(11)16-17-15(20-18-16)8-13(19)7-12-5-3-2-4-6-12/h2-6,9-10,13,19H,7-8H2,1H3. The van der Waals surface area contributed by atoms with Gasteiger partial charge in [0.05, 0.1) is 12.5 Å². The third-order valence-electron chi connectivity index (χ3n) is 3.29. The Morgan fingerprint density at radius 3 is 2.71 bits per heavy atom. The second kappa shape index (κ2) is 6.20. The van der Waals surface area contributed by atoms with Crippen LogP contribution in [0.15, 0.2) is 45.6 Å². The maximum atomic E-state index is 10.1. The summed E-state index contributed by atoms with van der Waals surface area (Å²) < 4.78 is 5.24. The fourth-order valence-electron chi connectivity index (χ4n) is 2.20. The molecule has 1 atom stereocenters. The van der Waals surface area contributed by atoms with Crippen molar-refractivity contribution in [2.45, 2.75) is 25.9 Å². The zero-order valence-corrected chi connectivity index (χ0v) is 12.5. The summed E-state index contributed by atoms with van der Waals surface area (Å²) in [6, 6.07) is 9.89. The Bertz CT molecular complexity index is 706. The molecular formula is C16H16N2O2S. The van der Waals surface area contributed by atoms with E-state index in [9.17, 15) is 5.11 Å². The molecule has 0 saturated heterocycles. The molecule has 21 heavy (non-hydrogen) atoms. The smallest absolute Gasteiger partial charge is 0.229 e. The van der Waals surface area contributed by atoms with Gasteiger partial charge in [-0.05, 0) is 29.9 Å². The molecule has 1 unspecified atom stereocenters. The summed E-state index contributed by atoms with van der Waals surface area (Å²) >= 11 is 1.61. The Hall–Kier alpha value is -1.98. The van der Waals surface area contributed by atoms with Gasteiger partial charge >= 0.3 is 0 Å². The van der Waals surface area contributed by atoms with Gasteiger partial charge in [0.1, 0.15) is 0 Å².